The number of anilines is 1. The summed E-state index contributed by atoms with van der Waals surface area (Å²) in [5.74, 6) is 1.23. The molecule has 1 unspecified atom stereocenters. The minimum Gasteiger partial charge on any atom is -0.369 e. The van der Waals surface area contributed by atoms with Gasteiger partial charge in [-0.1, -0.05) is 0 Å². The van der Waals surface area contributed by atoms with Crippen molar-refractivity contribution in [3.8, 4) is 0 Å². The molecule has 1 atom stereocenters. The zero-order valence-electron chi connectivity index (χ0n) is 11.3. The van der Waals surface area contributed by atoms with Gasteiger partial charge >= 0.3 is 0 Å². The summed E-state index contributed by atoms with van der Waals surface area (Å²) in [6.07, 6.45) is 3.46. The summed E-state index contributed by atoms with van der Waals surface area (Å²) in [5.41, 5.74) is 0.868. The van der Waals surface area contributed by atoms with Gasteiger partial charge in [-0.15, -0.1) is 0 Å². The molecule has 0 aliphatic carbocycles. The van der Waals surface area contributed by atoms with Crippen LogP contribution < -0.4 is 5.32 Å². The molecule has 19 heavy (non-hydrogen) atoms. The Bertz CT molecular complexity index is 515. The second-order valence-electron chi connectivity index (χ2n) is 4.86. The van der Waals surface area contributed by atoms with Crippen LogP contribution in [-0.4, -0.2) is 53.9 Å². The maximum atomic E-state index is 11.5. The number of hydrogen-bond acceptors (Lipinski definition) is 6. The van der Waals surface area contributed by atoms with Crippen molar-refractivity contribution in [2.24, 2.45) is 0 Å². The molecule has 1 saturated heterocycles. The lowest BCUT2D eigenvalue weighted by molar-refractivity contribution is 0.215. The Kier molecular flexibility index (Phi) is 4.36. The first-order valence-corrected chi connectivity index (χ1v) is 8.31. The van der Waals surface area contributed by atoms with Crippen LogP contribution in [0.2, 0.25) is 0 Å². The molecule has 0 saturated carbocycles. The molecular formula is C12H20N4O2S. The van der Waals surface area contributed by atoms with Crippen molar-refractivity contribution >= 4 is 15.7 Å². The first-order valence-electron chi connectivity index (χ1n) is 6.49. The van der Waals surface area contributed by atoms with Gasteiger partial charge in [-0.05, 0) is 13.8 Å². The summed E-state index contributed by atoms with van der Waals surface area (Å²) in [6.45, 7) is 5.98. The van der Waals surface area contributed by atoms with Gasteiger partial charge < -0.3 is 5.32 Å². The van der Waals surface area contributed by atoms with Crippen molar-refractivity contribution < 1.29 is 8.42 Å². The lowest BCUT2D eigenvalue weighted by Crippen LogP contribution is -2.46. The van der Waals surface area contributed by atoms with E-state index in [0.717, 1.165) is 18.1 Å². The summed E-state index contributed by atoms with van der Waals surface area (Å²) in [6, 6.07) is 0.0361. The highest BCUT2D eigenvalue weighted by Gasteiger charge is 2.28. The first kappa shape index (κ1) is 14.2. The zero-order valence-corrected chi connectivity index (χ0v) is 12.2. The van der Waals surface area contributed by atoms with E-state index in [1.54, 1.807) is 12.4 Å². The molecule has 0 amide bonds. The number of nitrogens with one attached hydrogen (secondary N) is 1. The van der Waals surface area contributed by atoms with Crippen LogP contribution in [0.4, 0.5) is 5.82 Å². The van der Waals surface area contributed by atoms with E-state index < -0.39 is 9.84 Å². The molecule has 1 fully saturated rings. The number of hydrogen-bond donors (Lipinski definition) is 1. The van der Waals surface area contributed by atoms with E-state index in [1.165, 1.54) is 0 Å². The minimum absolute atomic E-state index is 0.0361. The van der Waals surface area contributed by atoms with E-state index in [9.17, 15) is 8.42 Å². The Balaban J connectivity index is 1.97. The van der Waals surface area contributed by atoms with E-state index >= 15 is 0 Å². The maximum Gasteiger partial charge on any atom is 0.153 e. The highest BCUT2D eigenvalue weighted by molar-refractivity contribution is 7.91. The third-order valence-corrected chi connectivity index (χ3v) is 5.03. The molecule has 1 N–H and O–H groups in total. The Labute approximate surface area is 114 Å². The van der Waals surface area contributed by atoms with Crippen molar-refractivity contribution in [3.63, 3.8) is 0 Å². The maximum absolute atomic E-state index is 11.5. The van der Waals surface area contributed by atoms with Crippen molar-refractivity contribution in [1.29, 1.82) is 0 Å². The van der Waals surface area contributed by atoms with Crippen LogP contribution in [0.25, 0.3) is 0 Å². The molecule has 0 aromatic carbocycles. The largest absolute Gasteiger partial charge is 0.369 e. The Morgan fingerprint density at radius 2 is 2.21 bits per heavy atom. The standard InChI is InChI=1S/C12H20N4O2S/c1-3-13-12-7-14-11(6-15-12)8-16-4-5-19(17,18)9-10(16)2/h6-7,10H,3-5,8-9H2,1-2H3,(H,13,15). The van der Waals surface area contributed by atoms with Crippen LogP contribution in [0.5, 0.6) is 0 Å². The average Bonchev–Trinajstić information content (AvgIpc) is 2.35. The summed E-state index contributed by atoms with van der Waals surface area (Å²) in [7, 11) is -2.86. The molecule has 6 nitrogen and oxygen atoms in total. The van der Waals surface area contributed by atoms with Crippen molar-refractivity contribution in [3.05, 3.63) is 18.1 Å². The molecule has 1 aromatic heterocycles. The molecule has 106 valence electrons. The van der Waals surface area contributed by atoms with Crippen LogP contribution in [-0.2, 0) is 16.4 Å². The molecule has 2 rings (SSSR count). The highest BCUT2D eigenvalue weighted by atomic mass is 32.2. The highest BCUT2D eigenvalue weighted by Crippen LogP contribution is 2.14. The zero-order chi connectivity index (χ0) is 13.9. The van der Waals surface area contributed by atoms with Crippen LogP contribution in [0.1, 0.15) is 19.5 Å². The summed E-state index contributed by atoms with van der Waals surface area (Å²) >= 11 is 0. The van der Waals surface area contributed by atoms with Crippen LogP contribution in [0, 0.1) is 0 Å². The van der Waals surface area contributed by atoms with Gasteiger partial charge in [0.05, 0.1) is 29.6 Å². The fraction of sp³-hybridized carbons (Fsp3) is 0.667. The first-order chi connectivity index (χ1) is 9.00. The quantitative estimate of drug-likeness (QED) is 0.869. The van der Waals surface area contributed by atoms with Crippen molar-refractivity contribution in [2.45, 2.75) is 26.4 Å². The summed E-state index contributed by atoms with van der Waals surface area (Å²) in [4.78, 5) is 10.8. The summed E-state index contributed by atoms with van der Waals surface area (Å²) < 4.78 is 23.0. The fourth-order valence-corrected chi connectivity index (χ4v) is 3.81. The smallest absolute Gasteiger partial charge is 0.153 e. The Morgan fingerprint density at radius 1 is 1.42 bits per heavy atom. The summed E-state index contributed by atoms with van der Waals surface area (Å²) in [5, 5.41) is 3.09. The number of rotatable bonds is 4. The lowest BCUT2D eigenvalue weighted by atomic mass is 10.3. The van der Waals surface area contributed by atoms with Gasteiger partial charge in [0.2, 0.25) is 0 Å². The van der Waals surface area contributed by atoms with E-state index in [4.69, 9.17) is 0 Å². The second kappa shape index (κ2) is 5.83. The van der Waals surface area contributed by atoms with E-state index in [1.807, 2.05) is 13.8 Å². The average molecular weight is 284 g/mol. The minimum atomic E-state index is -2.86. The predicted molar refractivity (Wildman–Crippen MR) is 74.7 cm³/mol. The molecule has 0 bridgehead atoms. The van der Waals surface area contributed by atoms with Crippen LogP contribution in [0.15, 0.2) is 12.4 Å². The SMILES string of the molecule is CCNc1cnc(CN2CCS(=O)(=O)CC2C)cn1. The fourth-order valence-electron chi connectivity index (χ4n) is 2.18. The van der Waals surface area contributed by atoms with Gasteiger partial charge in [0.1, 0.15) is 5.82 Å². The molecule has 1 aliphatic heterocycles. The molecule has 1 aromatic rings. The topological polar surface area (TPSA) is 75.2 Å². The molecule has 0 radical (unpaired) electrons. The number of nitrogens with zero attached hydrogens (tertiary/aromatic N) is 3. The normalized spacial score (nSPS) is 23.2. The van der Waals surface area contributed by atoms with Gasteiger partial charge in [0.25, 0.3) is 0 Å². The van der Waals surface area contributed by atoms with Gasteiger partial charge in [-0.3, -0.25) is 9.88 Å². The lowest BCUT2D eigenvalue weighted by Gasteiger charge is -2.32. The molecule has 0 spiro atoms. The predicted octanol–water partition coefficient (Wildman–Crippen LogP) is 0.527. The molecular weight excluding hydrogens is 264 g/mol. The van der Waals surface area contributed by atoms with Crippen molar-refractivity contribution in [2.75, 3.05) is 29.9 Å². The van der Waals surface area contributed by atoms with Crippen LogP contribution >= 0.6 is 0 Å². The number of aromatic nitrogens is 2. The Morgan fingerprint density at radius 3 is 2.79 bits per heavy atom. The Hall–Kier alpha value is -1.21. The van der Waals surface area contributed by atoms with Gasteiger partial charge in [-0.2, -0.15) is 0 Å². The molecule has 7 heteroatoms. The second-order valence-corrected chi connectivity index (χ2v) is 7.09. The third kappa shape index (κ3) is 3.87. The van der Waals surface area contributed by atoms with E-state index in [2.05, 4.69) is 20.2 Å². The molecule has 2 heterocycles. The van der Waals surface area contributed by atoms with Gasteiger partial charge in [-0.25, -0.2) is 13.4 Å². The number of sulfone groups is 1. The van der Waals surface area contributed by atoms with Gasteiger partial charge in [0.15, 0.2) is 9.84 Å². The van der Waals surface area contributed by atoms with Crippen LogP contribution in [0.3, 0.4) is 0 Å². The van der Waals surface area contributed by atoms with Crippen molar-refractivity contribution in [1.82, 2.24) is 14.9 Å². The third-order valence-electron chi connectivity index (χ3n) is 3.24. The monoisotopic (exact) mass is 284 g/mol. The van der Waals surface area contributed by atoms with E-state index in [-0.39, 0.29) is 17.5 Å². The molecule has 1 aliphatic rings. The van der Waals surface area contributed by atoms with E-state index in [0.29, 0.717) is 13.1 Å². The van der Waals surface area contributed by atoms with Gasteiger partial charge in [0, 0.05) is 25.7 Å².